The minimum Gasteiger partial charge on any atom is -0.379 e. The lowest BCUT2D eigenvalue weighted by atomic mass is 10.0. The van der Waals surface area contributed by atoms with Crippen molar-refractivity contribution in [2.45, 2.75) is 18.6 Å². The third kappa shape index (κ3) is 7.62. The largest absolute Gasteiger partial charge is 0.401 e. The van der Waals surface area contributed by atoms with Crippen LogP contribution in [-0.2, 0) is 4.74 Å². The highest BCUT2D eigenvalue weighted by Crippen LogP contribution is 2.23. The van der Waals surface area contributed by atoms with Gasteiger partial charge < -0.3 is 15.4 Å². The molecule has 10 heteroatoms. The van der Waals surface area contributed by atoms with Gasteiger partial charge in [-0.3, -0.25) is 14.8 Å². The number of hydrogen-bond acceptors (Lipinski definition) is 4. The second-order valence-electron chi connectivity index (χ2n) is 8.05. The number of ether oxygens (including phenoxy) is 1. The maximum atomic E-state index is 13.4. The predicted molar refractivity (Wildman–Crippen MR) is 111 cm³/mol. The summed E-state index contributed by atoms with van der Waals surface area (Å²) in [6, 6.07) is 6.53. The molecule has 1 aromatic rings. The first-order valence-corrected chi connectivity index (χ1v) is 10.6. The molecule has 0 aliphatic carbocycles. The molecule has 0 spiro atoms. The molecule has 1 aromatic carbocycles. The summed E-state index contributed by atoms with van der Waals surface area (Å²) < 4.78 is 56.6. The maximum absolute atomic E-state index is 13.4. The summed E-state index contributed by atoms with van der Waals surface area (Å²) in [6.07, 6.45) is -3.43. The Morgan fingerprint density at radius 1 is 1.16 bits per heavy atom. The zero-order valence-corrected chi connectivity index (χ0v) is 17.8. The third-order valence-corrected chi connectivity index (χ3v) is 5.76. The summed E-state index contributed by atoms with van der Waals surface area (Å²) in [5, 5.41) is 6.56. The van der Waals surface area contributed by atoms with E-state index in [9.17, 15) is 17.6 Å². The molecule has 2 atom stereocenters. The van der Waals surface area contributed by atoms with E-state index >= 15 is 0 Å². The number of nitrogens with zero attached hydrogens (tertiary/aromatic N) is 3. The van der Waals surface area contributed by atoms with Crippen LogP contribution in [0.1, 0.15) is 18.0 Å². The van der Waals surface area contributed by atoms with Crippen LogP contribution in [0, 0.1) is 11.7 Å². The fourth-order valence-corrected chi connectivity index (χ4v) is 4.16. The predicted octanol–water partition coefficient (Wildman–Crippen LogP) is 2.25. The number of aliphatic imine (C=N–C) groups is 1. The Balaban J connectivity index is 1.51. The monoisotopic (exact) mass is 445 g/mol. The SMILES string of the molecule is CN=C(NCC1CCN(CC(F)(F)F)C1)NCC(c1ccc(F)cc1)N1CCOCC1. The van der Waals surface area contributed by atoms with Crippen LogP contribution in [-0.4, -0.2) is 88.0 Å². The Kier molecular flexibility index (Phi) is 8.50. The number of nitrogens with one attached hydrogen (secondary N) is 2. The van der Waals surface area contributed by atoms with Gasteiger partial charge in [0.1, 0.15) is 5.82 Å². The van der Waals surface area contributed by atoms with Gasteiger partial charge in [-0.15, -0.1) is 0 Å². The van der Waals surface area contributed by atoms with Gasteiger partial charge >= 0.3 is 6.18 Å². The van der Waals surface area contributed by atoms with Gasteiger partial charge in [-0.05, 0) is 36.6 Å². The quantitative estimate of drug-likeness (QED) is 0.383. The van der Waals surface area contributed by atoms with E-state index in [-0.39, 0.29) is 17.8 Å². The van der Waals surface area contributed by atoms with E-state index in [0.29, 0.717) is 45.4 Å². The number of guanidine groups is 1. The fourth-order valence-electron chi connectivity index (χ4n) is 4.16. The minimum atomic E-state index is -4.16. The molecule has 174 valence electrons. The lowest BCUT2D eigenvalue weighted by molar-refractivity contribution is -0.143. The van der Waals surface area contributed by atoms with Crippen molar-refractivity contribution in [1.29, 1.82) is 0 Å². The maximum Gasteiger partial charge on any atom is 0.401 e. The van der Waals surface area contributed by atoms with Gasteiger partial charge in [0.25, 0.3) is 0 Å². The van der Waals surface area contributed by atoms with E-state index in [1.165, 1.54) is 17.0 Å². The topological polar surface area (TPSA) is 52.1 Å². The van der Waals surface area contributed by atoms with Crippen molar-refractivity contribution in [1.82, 2.24) is 20.4 Å². The van der Waals surface area contributed by atoms with E-state index < -0.39 is 12.7 Å². The Morgan fingerprint density at radius 3 is 2.52 bits per heavy atom. The van der Waals surface area contributed by atoms with Crippen molar-refractivity contribution in [2.75, 3.05) is 66.1 Å². The van der Waals surface area contributed by atoms with Crippen LogP contribution in [0.4, 0.5) is 17.6 Å². The molecular weight excluding hydrogens is 414 g/mol. The summed E-state index contributed by atoms with van der Waals surface area (Å²) >= 11 is 0. The first-order chi connectivity index (χ1) is 14.8. The molecule has 6 nitrogen and oxygen atoms in total. The molecule has 2 N–H and O–H groups in total. The molecule has 0 radical (unpaired) electrons. The van der Waals surface area contributed by atoms with E-state index in [1.807, 2.05) is 0 Å². The molecule has 0 aromatic heterocycles. The molecule has 2 saturated heterocycles. The molecular formula is C21H31F4N5O. The van der Waals surface area contributed by atoms with Gasteiger partial charge in [0.2, 0.25) is 0 Å². The van der Waals surface area contributed by atoms with Crippen molar-refractivity contribution in [3.63, 3.8) is 0 Å². The van der Waals surface area contributed by atoms with Crippen LogP contribution in [0.15, 0.2) is 29.3 Å². The highest BCUT2D eigenvalue weighted by molar-refractivity contribution is 5.79. The van der Waals surface area contributed by atoms with E-state index in [2.05, 4.69) is 20.5 Å². The van der Waals surface area contributed by atoms with Gasteiger partial charge in [-0.25, -0.2) is 4.39 Å². The molecule has 3 rings (SSSR count). The lowest BCUT2D eigenvalue weighted by Crippen LogP contribution is -2.47. The number of alkyl halides is 3. The summed E-state index contributed by atoms with van der Waals surface area (Å²) in [5.41, 5.74) is 1.00. The van der Waals surface area contributed by atoms with Crippen LogP contribution >= 0.6 is 0 Å². The number of rotatable bonds is 7. The number of morpholine rings is 1. The standard InChI is InChI=1S/C21H31F4N5O/c1-26-20(27-12-16-6-7-29(14-16)15-21(23,24)25)28-13-19(30-8-10-31-11-9-30)17-2-4-18(22)5-3-17/h2-5,16,19H,6-15H2,1H3,(H2,26,27,28). The van der Waals surface area contributed by atoms with Gasteiger partial charge in [0.15, 0.2) is 5.96 Å². The molecule has 2 heterocycles. The molecule has 31 heavy (non-hydrogen) atoms. The Morgan fingerprint density at radius 2 is 1.87 bits per heavy atom. The average Bonchev–Trinajstić information content (AvgIpc) is 3.18. The van der Waals surface area contributed by atoms with Crippen molar-refractivity contribution >= 4 is 5.96 Å². The number of likely N-dealkylation sites (tertiary alicyclic amines) is 1. The fraction of sp³-hybridized carbons (Fsp3) is 0.667. The minimum absolute atomic E-state index is 0.0248. The molecule has 2 fully saturated rings. The van der Waals surface area contributed by atoms with Crippen LogP contribution in [0.2, 0.25) is 0 Å². The van der Waals surface area contributed by atoms with Crippen molar-refractivity contribution in [2.24, 2.45) is 10.9 Å². The van der Waals surface area contributed by atoms with Crippen LogP contribution < -0.4 is 10.6 Å². The highest BCUT2D eigenvalue weighted by Gasteiger charge is 2.34. The molecule has 0 saturated carbocycles. The Hall–Kier alpha value is -1.91. The van der Waals surface area contributed by atoms with Gasteiger partial charge in [-0.1, -0.05) is 12.1 Å². The molecule has 2 aliphatic heterocycles. The third-order valence-electron chi connectivity index (χ3n) is 5.76. The zero-order chi connectivity index (χ0) is 22.3. The molecule has 0 amide bonds. The summed E-state index contributed by atoms with van der Waals surface area (Å²) in [7, 11) is 1.67. The first kappa shape index (κ1) is 23.7. The number of hydrogen-bond donors (Lipinski definition) is 2. The van der Waals surface area contributed by atoms with Crippen LogP contribution in [0.25, 0.3) is 0 Å². The van der Waals surface area contributed by atoms with Crippen molar-refractivity contribution < 1.29 is 22.3 Å². The van der Waals surface area contributed by atoms with Crippen LogP contribution in [0.5, 0.6) is 0 Å². The van der Waals surface area contributed by atoms with Gasteiger partial charge in [-0.2, -0.15) is 13.2 Å². The second kappa shape index (κ2) is 11.1. The second-order valence-corrected chi connectivity index (χ2v) is 8.05. The summed E-state index contributed by atoms with van der Waals surface area (Å²) in [4.78, 5) is 7.99. The normalized spacial score (nSPS) is 22.5. The molecule has 2 unspecified atom stereocenters. The Bertz CT molecular complexity index is 707. The summed E-state index contributed by atoms with van der Waals surface area (Å²) in [5.74, 6) is 0.480. The first-order valence-electron chi connectivity index (χ1n) is 10.6. The van der Waals surface area contributed by atoms with Gasteiger partial charge in [0.05, 0.1) is 25.8 Å². The van der Waals surface area contributed by atoms with Crippen molar-refractivity contribution in [3.05, 3.63) is 35.6 Å². The molecule has 0 bridgehead atoms. The smallest absolute Gasteiger partial charge is 0.379 e. The average molecular weight is 446 g/mol. The Labute approximate surface area is 180 Å². The number of benzene rings is 1. The number of halogens is 4. The zero-order valence-electron chi connectivity index (χ0n) is 17.8. The lowest BCUT2D eigenvalue weighted by Gasteiger charge is -2.35. The van der Waals surface area contributed by atoms with Crippen LogP contribution in [0.3, 0.4) is 0 Å². The highest BCUT2D eigenvalue weighted by atomic mass is 19.4. The van der Waals surface area contributed by atoms with Crippen molar-refractivity contribution in [3.8, 4) is 0 Å². The van der Waals surface area contributed by atoms with E-state index in [4.69, 9.17) is 4.74 Å². The van der Waals surface area contributed by atoms with E-state index in [1.54, 1.807) is 19.2 Å². The summed E-state index contributed by atoms with van der Waals surface area (Å²) in [6.45, 7) is 4.04. The van der Waals surface area contributed by atoms with E-state index in [0.717, 1.165) is 25.1 Å². The molecule has 2 aliphatic rings. The van der Waals surface area contributed by atoms with Gasteiger partial charge in [0, 0.05) is 39.8 Å².